The first-order valence-corrected chi connectivity index (χ1v) is 5.50. The number of rotatable bonds is 4. The highest BCUT2D eigenvalue weighted by molar-refractivity contribution is 5.90. The Labute approximate surface area is 104 Å². The van der Waals surface area contributed by atoms with Gasteiger partial charge in [0.2, 0.25) is 0 Å². The van der Waals surface area contributed by atoms with Crippen molar-refractivity contribution >= 4 is 17.3 Å². The van der Waals surface area contributed by atoms with Crippen LogP contribution in [0.1, 0.15) is 29.1 Å². The summed E-state index contributed by atoms with van der Waals surface area (Å²) in [5.41, 5.74) is 7.08. The minimum Gasteiger partial charge on any atom is -0.478 e. The number of carboxylic acid groups (broad SMARTS) is 1. The van der Waals surface area contributed by atoms with Crippen molar-refractivity contribution in [3.8, 4) is 0 Å². The number of furan rings is 1. The van der Waals surface area contributed by atoms with Crippen molar-refractivity contribution in [2.75, 3.05) is 11.1 Å². The molecule has 0 aliphatic rings. The van der Waals surface area contributed by atoms with Crippen LogP contribution in [0.4, 0.5) is 11.4 Å². The number of nitrogens with two attached hydrogens (primary N) is 1. The van der Waals surface area contributed by atoms with Gasteiger partial charge in [-0.1, -0.05) is 0 Å². The van der Waals surface area contributed by atoms with Gasteiger partial charge in [0.05, 0.1) is 29.2 Å². The van der Waals surface area contributed by atoms with E-state index < -0.39 is 5.97 Å². The van der Waals surface area contributed by atoms with Crippen molar-refractivity contribution in [1.82, 2.24) is 0 Å². The first-order chi connectivity index (χ1) is 8.58. The van der Waals surface area contributed by atoms with E-state index in [1.165, 1.54) is 12.1 Å². The van der Waals surface area contributed by atoms with Crippen molar-refractivity contribution < 1.29 is 14.3 Å². The fourth-order valence-electron chi connectivity index (χ4n) is 1.66. The van der Waals surface area contributed by atoms with E-state index in [1.54, 1.807) is 18.4 Å². The highest BCUT2D eigenvalue weighted by Crippen LogP contribution is 2.25. The Kier molecular flexibility index (Phi) is 3.23. The van der Waals surface area contributed by atoms with Crippen LogP contribution >= 0.6 is 0 Å². The number of aromatic carboxylic acids is 1. The summed E-state index contributed by atoms with van der Waals surface area (Å²) < 4.78 is 5.27. The van der Waals surface area contributed by atoms with Crippen LogP contribution in [0.25, 0.3) is 0 Å². The zero-order valence-corrected chi connectivity index (χ0v) is 9.88. The third kappa shape index (κ3) is 2.45. The van der Waals surface area contributed by atoms with Gasteiger partial charge in [-0.3, -0.25) is 0 Å². The van der Waals surface area contributed by atoms with E-state index in [2.05, 4.69) is 5.32 Å². The summed E-state index contributed by atoms with van der Waals surface area (Å²) in [5.74, 6) is -0.223. The molecule has 18 heavy (non-hydrogen) atoms. The lowest BCUT2D eigenvalue weighted by atomic mass is 10.1. The average molecular weight is 246 g/mol. The monoisotopic (exact) mass is 246 g/mol. The molecule has 0 aliphatic carbocycles. The third-order valence-corrected chi connectivity index (χ3v) is 2.64. The normalized spacial score (nSPS) is 12.1. The van der Waals surface area contributed by atoms with E-state index in [1.807, 2.05) is 13.0 Å². The summed E-state index contributed by atoms with van der Waals surface area (Å²) in [6.07, 6.45) is 1.59. The van der Waals surface area contributed by atoms with Gasteiger partial charge in [-0.2, -0.15) is 0 Å². The van der Waals surface area contributed by atoms with Gasteiger partial charge in [-0.15, -0.1) is 0 Å². The van der Waals surface area contributed by atoms with Crippen molar-refractivity contribution in [3.05, 3.63) is 47.9 Å². The van der Waals surface area contributed by atoms with Gasteiger partial charge in [-0.25, -0.2) is 4.79 Å². The Balaban J connectivity index is 2.23. The van der Waals surface area contributed by atoms with Gasteiger partial charge in [-0.05, 0) is 37.3 Å². The largest absolute Gasteiger partial charge is 0.478 e. The van der Waals surface area contributed by atoms with Gasteiger partial charge >= 0.3 is 5.97 Å². The van der Waals surface area contributed by atoms with E-state index in [0.717, 1.165) is 5.76 Å². The fraction of sp³-hybridized carbons (Fsp3) is 0.154. The van der Waals surface area contributed by atoms with Crippen LogP contribution in [0.5, 0.6) is 0 Å². The first kappa shape index (κ1) is 12.0. The number of carboxylic acids is 1. The molecule has 4 N–H and O–H groups in total. The number of hydrogen-bond acceptors (Lipinski definition) is 4. The molecule has 1 aromatic heterocycles. The molecular formula is C13H14N2O3. The quantitative estimate of drug-likeness (QED) is 0.722. The number of anilines is 2. The minimum atomic E-state index is -0.983. The fourth-order valence-corrected chi connectivity index (χ4v) is 1.66. The van der Waals surface area contributed by atoms with E-state index in [9.17, 15) is 4.79 Å². The summed E-state index contributed by atoms with van der Waals surface area (Å²) in [6.45, 7) is 1.91. The summed E-state index contributed by atoms with van der Waals surface area (Å²) in [5, 5.41) is 12.1. The molecule has 0 radical (unpaired) electrons. The van der Waals surface area contributed by atoms with E-state index in [0.29, 0.717) is 11.4 Å². The van der Waals surface area contributed by atoms with Crippen LogP contribution in [0.3, 0.4) is 0 Å². The van der Waals surface area contributed by atoms with Crippen LogP contribution < -0.4 is 11.1 Å². The molecule has 2 rings (SSSR count). The van der Waals surface area contributed by atoms with E-state index >= 15 is 0 Å². The van der Waals surface area contributed by atoms with Crippen molar-refractivity contribution in [3.63, 3.8) is 0 Å². The molecule has 0 spiro atoms. The smallest absolute Gasteiger partial charge is 0.335 e. The number of nitrogens with one attached hydrogen (secondary N) is 1. The molecule has 5 heteroatoms. The third-order valence-electron chi connectivity index (χ3n) is 2.64. The van der Waals surface area contributed by atoms with Crippen LogP contribution in [-0.2, 0) is 0 Å². The lowest BCUT2D eigenvalue weighted by Crippen LogP contribution is -2.09. The number of hydrogen-bond donors (Lipinski definition) is 3. The lowest BCUT2D eigenvalue weighted by molar-refractivity contribution is 0.0697. The maximum absolute atomic E-state index is 10.9. The highest BCUT2D eigenvalue weighted by atomic mass is 16.4. The van der Waals surface area contributed by atoms with E-state index in [4.69, 9.17) is 15.3 Å². The van der Waals surface area contributed by atoms with Gasteiger partial charge in [0.25, 0.3) is 0 Å². The molecular weight excluding hydrogens is 232 g/mol. The van der Waals surface area contributed by atoms with Crippen LogP contribution in [0.2, 0.25) is 0 Å². The SMILES string of the molecule is CC(Nc1cc(C(=O)O)ccc1N)c1ccco1. The molecule has 0 saturated carbocycles. The molecule has 1 atom stereocenters. The molecule has 0 bridgehead atoms. The first-order valence-electron chi connectivity index (χ1n) is 5.50. The molecule has 1 heterocycles. The maximum atomic E-state index is 10.9. The number of nitrogen functional groups attached to an aromatic ring is 1. The standard InChI is InChI=1S/C13H14N2O3/c1-8(12-3-2-6-18-12)15-11-7-9(13(16)17)4-5-10(11)14/h2-8,15H,14H2,1H3,(H,16,17). The van der Waals surface area contributed by atoms with Gasteiger partial charge < -0.3 is 20.6 Å². The number of carbonyl (C=O) groups is 1. The minimum absolute atomic E-state index is 0.0913. The Bertz CT molecular complexity index is 549. The van der Waals surface area contributed by atoms with Gasteiger partial charge in [0, 0.05) is 0 Å². The molecule has 0 saturated heterocycles. The second kappa shape index (κ2) is 4.83. The topological polar surface area (TPSA) is 88.5 Å². The summed E-state index contributed by atoms with van der Waals surface area (Å²) in [6, 6.07) is 8.10. The second-order valence-electron chi connectivity index (χ2n) is 3.99. The van der Waals surface area contributed by atoms with Crippen LogP contribution in [-0.4, -0.2) is 11.1 Å². The molecule has 1 aromatic carbocycles. The molecule has 0 fully saturated rings. The molecule has 2 aromatic rings. The summed E-state index contributed by atoms with van der Waals surface area (Å²) >= 11 is 0. The highest BCUT2D eigenvalue weighted by Gasteiger charge is 2.11. The Morgan fingerprint density at radius 1 is 1.44 bits per heavy atom. The second-order valence-corrected chi connectivity index (χ2v) is 3.99. The predicted molar refractivity (Wildman–Crippen MR) is 68.6 cm³/mol. The van der Waals surface area contributed by atoms with Crippen molar-refractivity contribution in [2.45, 2.75) is 13.0 Å². The number of benzene rings is 1. The lowest BCUT2D eigenvalue weighted by Gasteiger charge is -2.15. The Morgan fingerprint density at radius 2 is 2.22 bits per heavy atom. The zero-order valence-electron chi connectivity index (χ0n) is 9.88. The molecule has 0 aliphatic heterocycles. The van der Waals surface area contributed by atoms with E-state index in [-0.39, 0.29) is 11.6 Å². The van der Waals surface area contributed by atoms with Gasteiger partial charge in [0.1, 0.15) is 5.76 Å². The van der Waals surface area contributed by atoms with Crippen LogP contribution in [0.15, 0.2) is 41.0 Å². The predicted octanol–water partition coefficient (Wildman–Crippen LogP) is 2.73. The summed E-state index contributed by atoms with van der Waals surface area (Å²) in [4.78, 5) is 10.9. The molecule has 1 unspecified atom stereocenters. The van der Waals surface area contributed by atoms with Crippen LogP contribution in [0, 0.1) is 0 Å². The molecule has 94 valence electrons. The van der Waals surface area contributed by atoms with Crippen molar-refractivity contribution in [2.24, 2.45) is 0 Å². The van der Waals surface area contributed by atoms with Gasteiger partial charge in [0.15, 0.2) is 0 Å². The van der Waals surface area contributed by atoms with Crippen molar-refractivity contribution in [1.29, 1.82) is 0 Å². The molecule has 5 nitrogen and oxygen atoms in total. The maximum Gasteiger partial charge on any atom is 0.335 e. The Hall–Kier alpha value is -2.43. The Morgan fingerprint density at radius 3 is 2.83 bits per heavy atom. The summed E-state index contributed by atoms with van der Waals surface area (Å²) in [7, 11) is 0. The molecule has 0 amide bonds. The average Bonchev–Trinajstić information content (AvgIpc) is 2.85. The zero-order chi connectivity index (χ0) is 13.1.